The Bertz CT molecular complexity index is 880. The van der Waals surface area contributed by atoms with Crippen LogP contribution in [0.1, 0.15) is 0 Å². The van der Waals surface area contributed by atoms with E-state index in [9.17, 15) is 9.59 Å². The highest BCUT2D eigenvalue weighted by molar-refractivity contribution is 5.77. The number of nitrogens with one attached hydrogen (secondary N) is 2. The van der Waals surface area contributed by atoms with E-state index in [4.69, 9.17) is 4.74 Å². The third-order valence-electron chi connectivity index (χ3n) is 2.88. The first-order valence-corrected chi connectivity index (χ1v) is 5.82. The first kappa shape index (κ1) is 12.1. The van der Waals surface area contributed by atoms with Crippen molar-refractivity contribution < 1.29 is 4.74 Å². The topological polar surface area (TPSA) is 101 Å². The molecule has 0 unspecified atom stereocenters. The lowest BCUT2D eigenvalue weighted by Gasteiger charge is -2.03. The maximum Gasteiger partial charge on any atom is 0.327 e. The number of H-pyrrole nitrogens is 2. The molecule has 0 saturated carbocycles. The van der Waals surface area contributed by atoms with Gasteiger partial charge in [0.05, 0.1) is 18.2 Å². The Balaban J connectivity index is 2.17. The highest BCUT2D eigenvalue weighted by Crippen LogP contribution is 2.20. The van der Waals surface area contributed by atoms with E-state index in [-0.39, 0.29) is 11.0 Å². The van der Waals surface area contributed by atoms with Crippen molar-refractivity contribution in [2.75, 3.05) is 7.11 Å². The number of rotatable bonds is 2. The number of aromatic nitrogens is 4. The normalized spacial score (nSPS) is 10.7. The van der Waals surface area contributed by atoms with E-state index in [0.717, 1.165) is 11.3 Å². The molecule has 0 atom stereocenters. The average molecular weight is 270 g/mol. The van der Waals surface area contributed by atoms with Crippen LogP contribution in [0.2, 0.25) is 0 Å². The molecule has 0 saturated heterocycles. The van der Waals surface area contributed by atoms with Gasteiger partial charge in [-0.15, -0.1) is 10.2 Å². The van der Waals surface area contributed by atoms with Gasteiger partial charge in [-0.25, -0.2) is 4.79 Å². The number of ether oxygens (including phenoxy) is 1. The van der Waals surface area contributed by atoms with Crippen molar-refractivity contribution in [3.8, 4) is 17.0 Å². The number of benzene rings is 1. The molecule has 100 valence electrons. The van der Waals surface area contributed by atoms with E-state index >= 15 is 0 Å². The fourth-order valence-electron chi connectivity index (χ4n) is 1.87. The van der Waals surface area contributed by atoms with Crippen LogP contribution in [0.25, 0.3) is 22.3 Å². The van der Waals surface area contributed by atoms with Gasteiger partial charge in [-0.05, 0) is 30.3 Å². The van der Waals surface area contributed by atoms with Crippen LogP contribution in [0.5, 0.6) is 5.75 Å². The first-order valence-electron chi connectivity index (χ1n) is 5.82. The molecule has 2 heterocycles. The third-order valence-corrected chi connectivity index (χ3v) is 2.88. The number of hydrogen-bond acceptors (Lipinski definition) is 5. The molecule has 7 nitrogen and oxygen atoms in total. The van der Waals surface area contributed by atoms with Crippen LogP contribution >= 0.6 is 0 Å². The summed E-state index contributed by atoms with van der Waals surface area (Å²) in [6, 6.07) is 8.79. The molecule has 0 amide bonds. The molecule has 0 bridgehead atoms. The fourth-order valence-corrected chi connectivity index (χ4v) is 1.87. The molecular weight excluding hydrogens is 260 g/mol. The standard InChI is InChI=1S/C13H10N4O3/c1-20-8-4-2-7(3-5-8)10-6-9-11(17-16-10)14-13(19)15-12(9)18/h2-6H,1H3,(H2,14,15,17,18,19). The van der Waals surface area contributed by atoms with Crippen molar-refractivity contribution >= 4 is 11.0 Å². The van der Waals surface area contributed by atoms with Crippen LogP contribution in [-0.4, -0.2) is 27.3 Å². The molecule has 0 fully saturated rings. The lowest BCUT2D eigenvalue weighted by Crippen LogP contribution is -2.22. The Labute approximate surface area is 112 Å². The highest BCUT2D eigenvalue weighted by Gasteiger charge is 2.07. The Hall–Kier alpha value is -2.96. The van der Waals surface area contributed by atoms with E-state index in [0.29, 0.717) is 5.69 Å². The molecule has 3 rings (SSSR count). The van der Waals surface area contributed by atoms with Crippen molar-refractivity contribution in [3.63, 3.8) is 0 Å². The smallest absolute Gasteiger partial charge is 0.327 e. The van der Waals surface area contributed by atoms with Crippen LogP contribution in [0, 0.1) is 0 Å². The number of fused-ring (bicyclic) bond motifs is 1. The summed E-state index contributed by atoms with van der Waals surface area (Å²) < 4.78 is 5.08. The maximum absolute atomic E-state index is 11.7. The van der Waals surface area contributed by atoms with Gasteiger partial charge in [-0.1, -0.05) is 0 Å². The van der Waals surface area contributed by atoms with E-state index < -0.39 is 11.2 Å². The van der Waals surface area contributed by atoms with Gasteiger partial charge in [-0.2, -0.15) is 0 Å². The van der Waals surface area contributed by atoms with Gasteiger partial charge in [0, 0.05) is 5.56 Å². The number of hydrogen-bond donors (Lipinski definition) is 2. The quantitative estimate of drug-likeness (QED) is 0.713. The third kappa shape index (κ3) is 2.05. The van der Waals surface area contributed by atoms with Gasteiger partial charge in [0.1, 0.15) is 5.75 Å². The molecule has 1 aromatic carbocycles. The molecule has 2 N–H and O–H groups in total. The molecule has 0 aliphatic heterocycles. The van der Waals surface area contributed by atoms with Gasteiger partial charge in [0.2, 0.25) is 0 Å². The lowest BCUT2D eigenvalue weighted by molar-refractivity contribution is 0.415. The van der Waals surface area contributed by atoms with E-state index in [1.54, 1.807) is 25.3 Å². The zero-order chi connectivity index (χ0) is 14.1. The largest absolute Gasteiger partial charge is 0.497 e. The van der Waals surface area contributed by atoms with E-state index in [1.165, 1.54) is 0 Å². The van der Waals surface area contributed by atoms with Crippen LogP contribution in [0.3, 0.4) is 0 Å². The minimum atomic E-state index is -0.603. The summed E-state index contributed by atoms with van der Waals surface area (Å²) in [5, 5.41) is 8.15. The van der Waals surface area contributed by atoms with Gasteiger partial charge < -0.3 is 4.74 Å². The predicted octanol–water partition coefficient (Wildman–Crippen LogP) is 0.682. The molecule has 20 heavy (non-hydrogen) atoms. The first-order chi connectivity index (χ1) is 9.67. The summed E-state index contributed by atoms with van der Waals surface area (Å²) in [4.78, 5) is 27.4. The monoisotopic (exact) mass is 270 g/mol. The second kappa shape index (κ2) is 4.61. The number of methoxy groups -OCH3 is 1. The van der Waals surface area contributed by atoms with Crippen LogP contribution < -0.4 is 16.0 Å². The van der Waals surface area contributed by atoms with Gasteiger partial charge in [0.25, 0.3) is 5.56 Å². The SMILES string of the molecule is COc1ccc(-c2cc3c(=O)[nH]c(=O)[nH]c3nn2)cc1. The lowest BCUT2D eigenvalue weighted by atomic mass is 10.1. The summed E-state index contributed by atoms with van der Waals surface area (Å²) in [5.74, 6) is 0.727. The van der Waals surface area contributed by atoms with Crippen LogP contribution in [-0.2, 0) is 0 Å². The van der Waals surface area contributed by atoms with Crippen LogP contribution in [0.15, 0.2) is 39.9 Å². The Morgan fingerprint density at radius 2 is 1.80 bits per heavy atom. The summed E-state index contributed by atoms with van der Waals surface area (Å²) in [6.07, 6.45) is 0. The van der Waals surface area contributed by atoms with Crippen molar-refractivity contribution in [2.24, 2.45) is 0 Å². The molecule has 0 spiro atoms. The molecule has 3 aromatic rings. The second-order valence-corrected chi connectivity index (χ2v) is 4.13. The molecule has 7 heteroatoms. The second-order valence-electron chi connectivity index (χ2n) is 4.13. The van der Waals surface area contributed by atoms with Gasteiger partial charge >= 0.3 is 5.69 Å². The minimum absolute atomic E-state index is 0.163. The highest BCUT2D eigenvalue weighted by atomic mass is 16.5. The zero-order valence-electron chi connectivity index (χ0n) is 10.5. The fraction of sp³-hybridized carbons (Fsp3) is 0.0769. The Morgan fingerprint density at radius 3 is 2.50 bits per heavy atom. The number of aromatic amines is 2. The Kier molecular flexibility index (Phi) is 2.79. The molecular formula is C13H10N4O3. The predicted molar refractivity (Wildman–Crippen MR) is 72.8 cm³/mol. The average Bonchev–Trinajstić information content (AvgIpc) is 2.47. The molecule has 2 aromatic heterocycles. The molecule has 0 aliphatic carbocycles. The summed E-state index contributed by atoms with van der Waals surface area (Å²) in [5.41, 5.74) is 0.405. The van der Waals surface area contributed by atoms with E-state index in [2.05, 4.69) is 20.2 Å². The molecule has 0 aliphatic rings. The van der Waals surface area contributed by atoms with Crippen molar-refractivity contribution in [2.45, 2.75) is 0 Å². The molecule has 0 radical (unpaired) electrons. The summed E-state index contributed by atoms with van der Waals surface area (Å²) in [7, 11) is 1.58. The van der Waals surface area contributed by atoms with Gasteiger partial charge in [0.15, 0.2) is 5.65 Å². The summed E-state index contributed by atoms with van der Waals surface area (Å²) >= 11 is 0. The zero-order valence-corrected chi connectivity index (χ0v) is 10.5. The van der Waals surface area contributed by atoms with E-state index in [1.807, 2.05) is 12.1 Å². The van der Waals surface area contributed by atoms with Crippen molar-refractivity contribution in [1.82, 2.24) is 20.2 Å². The number of nitrogens with zero attached hydrogens (tertiary/aromatic N) is 2. The minimum Gasteiger partial charge on any atom is -0.497 e. The van der Waals surface area contributed by atoms with Gasteiger partial charge in [-0.3, -0.25) is 14.8 Å². The maximum atomic E-state index is 11.7. The summed E-state index contributed by atoms with van der Waals surface area (Å²) in [6.45, 7) is 0. The van der Waals surface area contributed by atoms with Crippen molar-refractivity contribution in [3.05, 3.63) is 51.2 Å². The van der Waals surface area contributed by atoms with Crippen molar-refractivity contribution in [1.29, 1.82) is 0 Å². The Morgan fingerprint density at radius 1 is 1.05 bits per heavy atom. The van der Waals surface area contributed by atoms with Crippen LogP contribution in [0.4, 0.5) is 0 Å².